The van der Waals surface area contributed by atoms with E-state index in [2.05, 4.69) is 25.3 Å². The van der Waals surface area contributed by atoms with Gasteiger partial charge in [0.05, 0.1) is 13.2 Å². The lowest BCUT2D eigenvalue weighted by molar-refractivity contribution is 0.0342. The number of hydrogen-bond acceptors (Lipinski definition) is 6. The van der Waals surface area contributed by atoms with Crippen molar-refractivity contribution in [1.82, 2.24) is 29.8 Å². The number of rotatable bonds is 4. The lowest BCUT2D eigenvalue weighted by Crippen LogP contribution is -2.46. The van der Waals surface area contributed by atoms with Crippen LogP contribution in [-0.2, 0) is 4.74 Å². The summed E-state index contributed by atoms with van der Waals surface area (Å²) in [5, 5.41) is 7.20. The highest BCUT2D eigenvalue weighted by Crippen LogP contribution is 2.06. The summed E-state index contributed by atoms with van der Waals surface area (Å²) < 4.78 is 6.92. The van der Waals surface area contributed by atoms with Crippen molar-refractivity contribution < 1.29 is 9.53 Å². The highest BCUT2D eigenvalue weighted by molar-refractivity contribution is 5.91. The van der Waals surface area contributed by atoms with Gasteiger partial charge < -0.3 is 10.1 Å². The fourth-order valence-corrected chi connectivity index (χ4v) is 2.77. The first-order chi connectivity index (χ1) is 11.0. The number of amides is 1. The van der Waals surface area contributed by atoms with Crippen LogP contribution >= 0.6 is 0 Å². The number of hydrogen-bond donors (Lipinski definition) is 1. The van der Waals surface area contributed by atoms with Gasteiger partial charge in [0.15, 0.2) is 0 Å². The Bertz CT molecular complexity index is 707. The molecule has 23 heavy (non-hydrogen) atoms. The third-order valence-electron chi connectivity index (χ3n) is 3.83. The predicted molar refractivity (Wildman–Crippen MR) is 84.4 cm³/mol. The number of nitrogens with zero attached hydrogens (tertiary/aromatic N) is 5. The van der Waals surface area contributed by atoms with E-state index in [9.17, 15) is 4.79 Å². The second-order valence-electron chi connectivity index (χ2n) is 5.97. The molecule has 1 amide bonds. The maximum Gasteiger partial charge on any atom is 0.291 e. The molecule has 0 aliphatic carbocycles. The van der Waals surface area contributed by atoms with Crippen LogP contribution in [-0.4, -0.2) is 69.3 Å². The second kappa shape index (κ2) is 6.59. The van der Waals surface area contributed by atoms with E-state index in [0.29, 0.717) is 5.78 Å². The molecule has 2 aromatic heterocycles. The molecule has 0 aromatic carbocycles. The highest BCUT2D eigenvalue weighted by atomic mass is 16.5. The van der Waals surface area contributed by atoms with Crippen LogP contribution in [0.1, 0.15) is 28.9 Å². The third kappa shape index (κ3) is 3.65. The Morgan fingerprint density at radius 3 is 2.83 bits per heavy atom. The van der Waals surface area contributed by atoms with E-state index in [1.807, 2.05) is 26.8 Å². The molecular formula is C15H22N6O2. The Morgan fingerprint density at radius 1 is 1.35 bits per heavy atom. The molecule has 3 heterocycles. The van der Waals surface area contributed by atoms with E-state index in [-0.39, 0.29) is 17.8 Å². The molecular weight excluding hydrogens is 296 g/mol. The van der Waals surface area contributed by atoms with Crippen molar-refractivity contribution in [3.8, 4) is 0 Å². The maximum absolute atomic E-state index is 12.3. The van der Waals surface area contributed by atoms with E-state index in [1.165, 1.54) is 0 Å². The molecule has 1 N–H and O–H groups in total. The molecule has 1 saturated heterocycles. The van der Waals surface area contributed by atoms with E-state index < -0.39 is 0 Å². The standard InChI is InChI=1S/C15H22N6O2/c1-10-8-12(3)21-15(17-10)18-13(19-21)14(22)16-11(2)9-20-4-6-23-7-5-20/h8,11H,4-7,9H2,1-3H3,(H,16,22)/t11-/m1/s1. The molecule has 124 valence electrons. The molecule has 8 heteroatoms. The van der Waals surface area contributed by atoms with Gasteiger partial charge in [-0.25, -0.2) is 9.50 Å². The van der Waals surface area contributed by atoms with E-state index in [1.54, 1.807) is 4.52 Å². The summed E-state index contributed by atoms with van der Waals surface area (Å²) in [6, 6.07) is 1.92. The van der Waals surface area contributed by atoms with Gasteiger partial charge in [0.2, 0.25) is 5.82 Å². The van der Waals surface area contributed by atoms with E-state index in [4.69, 9.17) is 4.74 Å². The van der Waals surface area contributed by atoms with Gasteiger partial charge in [-0.15, -0.1) is 5.10 Å². The van der Waals surface area contributed by atoms with Gasteiger partial charge in [0, 0.05) is 37.1 Å². The molecule has 8 nitrogen and oxygen atoms in total. The van der Waals surface area contributed by atoms with Gasteiger partial charge in [0.1, 0.15) is 0 Å². The molecule has 0 spiro atoms. The molecule has 3 rings (SSSR count). The van der Waals surface area contributed by atoms with Crippen LogP contribution in [0.3, 0.4) is 0 Å². The fraction of sp³-hybridized carbons (Fsp3) is 0.600. The first-order valence-corrected chi connectivity index (χ1v) is 7.85. The minimum absolute atomic E-state index is 0.0167. The number of carbonyl (C=O) groups excluding carboxylic acids is 1. The zero-order valence-electron chi connectivity index (χ0n) is 13.7. The lowest BCUT2D eigenvalue weighted by Gasteiger charge is -2.29. The van der Waals surface area contributed by atoms with Crippen molar-refractivity contribution in [2.24, 2.45) is 0 Å². The van der Waals surface area contributed by atoms with Crippen LogP contribution in [0.5, 0.6) is 0 Å². The second-order valence-corrected chi connectivity index (χ2v) is 5.97. The number of nitrogens with one attached hydrogen (secondary N) is 1. The lowest BCUT2D eigenvalue weighted by atomic mass is 10.3. The summed E-state index contributed by atoms with van der Waals surface area (Å²) in [6.45, 7) is 9.88. The normalized spacial score (nSPS) is 17.3. The predicted octanol–water partition coefficient (Wildman–Crippen LogP) is 0.192. The SMILES string of the molecule is Cc1cc(C)n2nc(C(=O)N[C@H](C)CN3CCOCC3)nc2n1. The zero-order chi connectivity index (χ0) is 16.4. The van der Waals surface area contributed by atoms with Gasteiger partial charge in [-0.1, -0.05) is 0 Å². The number of aromatic nitrogens is 4. The van der Waals surface area contributed by atoms with Crippen molar-refractivity contribution >= 4 is 11.7 Å². The maximum atomic E-state index is 12.3. The number of morpholine rings is 1. The van der Waals surface area contributed by atoms with Crippen molar-refractivity contribution in [2.75, 3.05) is 32.8 Å². The van der Waals surface area contributed by atoms with E-state index >= 15 is 0 Å². The summed E-state index contributed by atoms with van der Waals surface area (Å²) in [4.78, 5) is 23.1. The summed E-state index contributed by atoms with van der Waals surface area (Å²) >= 11 is 0. The first kappa shape index (κ1) is 15.8. The Hall–Kier alpha value is -2.06. The van der Waals surface area contributed by atoms with Crippen molar-refractivity contribution in [2.45, 2.75) is 26.8 Å². The average molecular weight is 318 g/mol. The Balaban J connectivity index is 1.66. The van der Waals surface area contributed by atoms with Gasteiger partial charge in [0.25, 0.3) is 11.7 Å². The third-order valence-corrected chi connectivity index (χ3v) is 3.83. The minimum atomic E-state index is -0.270. The largest absolute Gasteiger partial charge is 0.379 e. The molecule has 1 aliphatic rings. The Morgan fingerprint density at radius 2 is 2.09 bits per heavy atom. The summed E-state index contributed by atoms with van der Waals surface area (Å²) in [5.41, 5.74) is 1.76. The molecule has 0 radical (unpaired) electrons. The van der Waals surface area contributed by atoms with Crippen LogP contribution in [0.15, 0.2) is 6.07 Å². The van der Waals surface area contributed by atoms with Crippen molar-refractivity contribution in [3.63, 3.8) is 0 Å². The van der Waals surface area contributed by atoms with Gasteiger partial charge in [-0.2, -0.15) is 4.98 Å². The molecule has 1 fully saturated rings. The molecule has 0 bridgehead atoms. The minimum Gasteiger partial charge on any atom is -0.379 e. The number of aryl methyl sites for hydroxylation is 2. The topological polar surface area (TPSA) is 84.7 Å². The highest BCUT2D eigenvalue weighted by Gasteiger charge is 2.19. The summed E-state index contributed by atoms with van der Waals surface area (Å²) in [7, 11) is 0. The molecule has 0 saturated carbocycles. The smallest absolute Gasteiger partial charge is 0.291 e. The van der Waals surface area contributed by atoms with E-state index in [0.717, 1.165) is 44.2 Å². The van der Waals surface area contributed by atoms with Crippen molar-refractivity contribution in [3.05, 3.63) is 23.3 Å². The monoisotopic (exact) mass is 318 g/mol. The van der Waals surface area contributed by atoms with Crippen LogP contribution in [0, 0.1) is 13.8 Å². The summed E-state index contributed by atoms with van der Waals surface area (Å²) in [5.74, 6) is 0.335. The summed E-state index contributed by atoms with van der Waals surface area (Å²) in [6.07, 6.45) is 0. The average Bonchev–Trinajstić information content (AvgIpc) is 2.92. The van der Waals surface area contributed by atoms with Crippen LogP contribution < -0.4 is 5.32 Å². The van der Waals surface area contributed by atoms with Crippen LogP contribution in [0.4, 0.5) is 0 Å². The molecule has 0 unspecified atom stereocenters. The fourth-order valence-electron chi connectivity index (χ4n) is 2.77. The Kier molecular flexibility index (Phi) is 4.53. The molecule has 1 atom stereocenters. The molecule has 2 aromatic rings. The number of fused-ring (bicyclic) bond motifs is 1. The number of ether oxygens (including phenoxy) is 1. The number of carbonyl (C=O) groups is 1. The quantitative estimate of drug-likeness (QED) is 0.866. The van der Waals surface area contributed by atoms with Gasteiger partial charge in [-0.05, 0) is 26.8 Å². The van der Waals surface area contributed by atoms with Crippen LogP contribution in [0.25, 0.3) is 5.78 Å². The zero-order valence-corrected chi connectivity index (χ0v) is 13.7. The molecule has 1 aliphatic heterocycles. The van der Waals surface area contributed by atoms with Gasteiger partial charge in [-0.3, -0.25) is 9.69 Å². The van der Waals surface area contributed by atoms with Crippen LogP contribution in [0.2, 0.25) is 0 Å². The first-order valence-electron chi connectivity index (χ1n) is 7.85. The van der Waals surface area contributed by atoms with Crippen molar-refractivity contribution in [1.29, 1.82) is 0 Å². The Labute approximate surface area is 134 Å². The van der Waals surface area contributed by atoms with Gasteiger partial charge >= 0.3 is 0 Å².